The molecule has 5 rings (SSSR count). The van der Waals surface area contributed by atoms with Crippen LogP contribution in [0, 0.1) is 6.92 Å². The zero-order valence-electron chi connectivity index (χ0n) is 20.1. The van der Waals surface area contributed by atoms with E-state index in [1.807, 2.05) is 54.6 Å². The molecule has 0 saturated carbocycles. The van der Waals surface area contributed by atoms with Gasteiger partial charge in [-0.15, -0.1) is 0 Å². The standard InChI is InChI=1S/C28H27N5O2S/c1-19-8-3-4-10-23(19)32-17-7-11-24(32)27-26(22-9-5-6-16-29-22)31-28(36)33(27)21-14-12-20(13-15-21)30-25(34)18-35-2/h3-17,26-27H,18H2,1-2H3,(H,30,34)(H,31,36)/t26-,27-/m1/s1. The number of aryl methyl sites for hydroxylation is 1. The SMILES string of the molecule is COCC(=O)Nc1ccc(N2C(=S)N[C@H](c3ccccn3)[C@H]2c2cccn2-c2ccccc2C)cc1. The van der Waals surface area contributed by atoms with Crippen LogP contribution in [-0.4, -0.2) is 34.3 Å². The Morgan fingerprint density at radius 3 is 2.56 bits per heavy atom. The van der Waals surface area contributed by atoms with E-state index in [0.29, 0.717) is 10.8 Å². The predicted molar refractivity (Wildman–Crippen MR) is 145 cm³/mol. The Morgan fingerprint density at radius 1 is 1.06 bits per heavy atom. The summed E-state index contributed by atoms with van der Waals surface area (Å²) in [7, 11) is 1.49. The zero-order valence-corrected chi connectivity index (χ0v) is 20.9. The largest absolute Gasteiger partial charge is 0.375 e. The number of ether oxygens (including phenoxy) is 1. The third kappa shape index (κ3) is 4.60. The van der Waals surface area contributed by atoms with Crippen LogP contribution in [0.15, 0.2) is 91.3 Å². The molecule has 2 aromatic carbocycles. The number of nitrogens with one attached hydrogen (secondary N) is 2. The highest BCUT2D eigenvalue weighted by Gasteiger charge is 2.42. The van der Waals surface area contributed by atoms with E-state index in [2.05, 4.69) is 62.5 Å². The number of rotatable bonds is 7. The Kier molecular flexibility index (Phi) is 6.79. The van der Waals surface area contributed by atoms with Crippen molar-refractivity contribution in [2.24, 2.45) is 0 Å². The summed E-state index contributed by atoms with van der Waals surface area (Å²) >= 11 is 5.87. The van der Waals surface area contributed by atoms with Crippen LogP contribution in [0.3, 0.4) is 0 Å². The molecule has 2 aromatic heterocycles. The first-order valence-electron chi connectivity index (χ1n) is 11.7. The van der Waals surface area contributed by atoms with Gasteiger partial charge >= 0.3 is 0 Å². The van der Waals surface area contributed by atoms with E-state index in [9.17, 15) is 4.79 Å². The van der Waals surface area contributed by atoms with Gasteiger partial charge in [-0.25, -0.2) is 0 Å². The molecule has 7 nitrogen and oxygen atoms in total. The molecule has 36 heavy (non-hydrogen) atoms. The summed E-state index contributed by atoms with van der Waals surface area (Å²) in [6.45, 7) is 2.12. The average molecular weight is 498 g/mol. The first-order valence-corrected chi connectivity index (χ1v) is 12.1. The summed E-state index contributed by atoms with van der Waals surface area (Å²) in [5, 5.41) is 6.96. The number of methoxy groups -OCH3 is 1. The van der Waals surface area contributed by atoms with Crippen molar-refractivity contribution in [2.45, 2.75) is 19.0 Å². The normalized spacial score (nSPS) is 17.2. The van der Waals surface area contributed by atoms with Gasteiger partial charge in [0.25, 0.3) is 0 Å². The molecule has 0 bridgehead atoms. The molecule has 1 fully saturated rings. The topological polar surface area (TPSA) is 71.4 Å². The second-order valence-corrected chi connectivity index (χ2v) is 9.00. The highest BCUT2D eigenvalue weighted by molar-refractivity contribution is 7.80. The molecule has 4 aromatic rings. The zero-order chi connectivity index (χ0) is 25.1. The van der Waals surface area contributed by atoms with Gasteiger partial charge in [-0.05, 0) is 79.3 Å². The minimum atomic E-state index is -0.201. The lowest BCUT2D eigenvalue weighted by molar-refractivity contribution is -0.119. The number of carbonyl (C=O) groups is 1. The molecule has 0 aliphatic carbocycles. The van der Waals surface area contributed by atoms with Gasteiger partial charge in [0, 0.05) is 42.3 Å². The van der Waals surface area contributed by atoms with Crippen molar-refractivity contribution in [1.82, 2.24) is 14.9 Å². The maximum Gasteiger partial charge on any atom is 0.250 e. The maximum atomic E-state index is 11.9. The highest BCUT2D eigenvalue weighted by atomic mass is 32.1. The quantitative estimate of drug-likeness (QED) is 0.353. The molecule has 8 heteroatoms. The Hall–Kier alpha value is -4.01. The van der Waals surface area contributed by atoms with Crippen molar-refractivity contribution in [3.05, 3.63) is 108 Å². The van der Waals surface area contributed by atoms with Crippen LogP contribution in [0.1, 0.15) is 29.0 Å². The molecule has 1 aliphatic heterocycles. The number of aromatic nitrogens is 2. The van der Waals surface area contributed by atoms with E-state index in [1.165, 1.54) is 12.7 Å². The summed E-state index contributed by atoms with van der Waals surface area (Å²) < 4.78 is 7.13. The van der Waals surface area contributed by atoms with E-state index < -0.39 is 0 Å². The van der Waals surface area contributed by atoms with Gasteiger partial charge in [0.15, 0.2) is 5.11 Å². The van der Waals surface area contributed by atoms with Gasteiger partial charge in [-0.1, -0.05) is 24.3 Å². The lowest BCUT2D eigenvalue weighted by Gasteiger charge is -2.29. The number of hydrogen-bond acceptors (Lipinski definition) is 4. The van der Waals surface area contributed by atoms with Gasteiger partial charge in [0.05, 0.1) is 11.7 Å². The summed E-state index contributed by atoms with van der Waals surface area (Å²) in [5.41, 5.74) is 5.91. The van der Waals surface area contributed by atoms with Crippen molar-refractivity contribution in [3.63, 3.8) is 0 Å². The average Bonchev–Trinajstić information content (AvgIpc) is 3.50. The Morgan fingerprint density at radius 2 is 1.83 bits per heavy atom. The highest BCUT2D eigenvalue weighted by Crippen LogP contribution is 2.42. The molecule has 2 atom stereocenters. The molecule has 1 aliphatic rings. The van der Waals surface area contributed by atoms with Gasteiger partial charge in [-0.2, -0.15) is 0 Å². The number of thiocarbonyl (C=S) groups is 1. The minimum Gasteiger partial charge on any atom is -0.375 e. The second kappa shape index (κ2) is 10.3. The Bertz CT molecular complexity index is 1370. The van der Waals surface area contributed by atoms with Crippen LogP contribution >= 0.6 is 12.2 Å². The monoisotopic (exact) mass is 497 g/mol. The molecule has 1 amide bonds. The molecule has 0 radical (unpaired) electrons. The number of anilines is 2. The lowest BCUT2D eigenvalue weighted by atomic mass is 10.0. The predicted octanol–water partition coefficient (Wildman–Crippen LogP) is 4.94. The van der Waals surface area contributed by atoms with Gasteiger partial charge in [0.1, 0.15) is 12.6 Å². The van der Waals surface area contributed by atoms with Gasteiger partial charge in [-0.3, -0.25) is 9.78 Å². The summed E-state index contributed by atoms with van der Waals surface area (Å²) in [6.07, 6.45) is 3.89. The lowest BCUT2D eigenvalue weighted by Crippen LogP contribution is -2.30. The van der Waals surface area contributed by atoms with E-state index in [-0.39, 0.29) is 24.6 Å². The molecule has 182 valence electrons. The van der Waals surface area contributed by atoms with Gasteiger partial charge < -0.3 is 24.8 Å². The molecule has 0 spiro atoms. The van der Waals surface area contributed by atoms with Crippen LogP contribution in [0.2, 0.25) is 0 Å². The van der Waals surface area contributed by atoms with E-state index in [1.54, 1.807) is 6.20 Å². The number of pyridine rings is 1. The van der Waals surface area contributed by atoms with Crippen molar-refractivity contribution < 1.29 is 9.53 Å². The fourth-order valence-electron chi connectivity index (χ4n) is 4.66. The smallest absolute Gasteiger partial charge is 0.250 e. The van der Waals surface area contributed by atoms with Crippen LogP contribution in [-0.2, 0) is 9.53 Å². The van der Waals surface area contributed by atoms with Gasteiger partial charge in [0.2, 0.25) is 5.91 Å². The molecule has 3 heterocycles. The third-order valence-electron chi connectivity index (χ3n) is 6.26. The number of hydrogen-bond donors (Lipinski definition) is 2. The first kappa shape index (κ1) is 23.7. The molecule has 1 saturated heterocycles. The molecule has 0 unspecified atom stereocenters. The van der Waals surface area contributed by atoms with Crippen molar-refractivity contribution in [3.8, 4) is 5.69 Å². The van der Waals surface area contributed by atoms with Crippen LogP contribution in [0.5, 0.6) is 0 Å². The Labute approximate surface area is 215 Å². The first-order chi connectivity index (χ1) is 17.6. The fraction of sp³-hybridized carbons (Fsp3) is 0.179. The molecular weight excluding hydrogens is 470 g/mol. The van der Waals surface area contributed by atoms with Crippen LogP contribution in [0.4, 0.5) is 11.4 Å². The number of carbonyl (C=O) groups excluding carboxylic acids is 1. The maximum absolute atomic E-state index is 11.9. The van der Waals surface area contributed by atoms with E-state index in [4.69, 9.17) is 17.0 Å². The second-order valence-electron chi connectivity index (χ2n) is 8.61. The van der Waals surface area contributed by atoms with Crippen molar-refractivity contribution in [1.29, 1.82) is 0 Å². The summed E-state index contributed by atoms with van der Waals surface area (Å²) in [5.74, 6) is -0.201. The summed E-state index contributed by atoms with van der Waals surface area (Å²) in [4.78, 5) is 18.7. The van der Waals surface area contributed by atoms with E-state index in [0.717, 1.165) is 22.8 Å². The Balaban J connectivity index is 1.57. The number of benzene rings is 2. The van der Waals surface area contributed by atoms with Crippen LogP contribution < -0.4 is 15.5 Å². The van der Waals surface area contributed by atoms with Crippen molar-refractivity contribution >= 4 is 34.6 Å². The van der Waals surface area contributed by atoms with Crippen molar-refractivity contribution in [2.75, 3.05) is 23.9 Å². The molecule has 2 N–H and O–H groups in total. The van der Waals surface area contributed by atoms with Crippen LogP contribution in [0.25, 0.3) is 5.69 Å². The fourth-order valence-corrected chi connectivity index (χ4v) is 5.00. The third-order valence-corrected chi connectivity index (χ3v) is 6.58. The van der Waals surface area contributed by atoms with E-state index >= 15 is 0 Å². The minimum absolute atomic E-state index is 0.00556. The molecular formula is C28H27N5O2S. The number of amides is 1. The number of nitrogens with zero attached hydrogens (tertiary/aromatic N) is 3. The number of para-hydroxylation sites is 1. The summed E-state index contributed by atoms with van der Waals surface area (Å²) in [6, 6.07) is 25.8.